The van der Waals surface area contributed by atoms with Crippen LogP contribution in [-0.4, -0.2) is 22.5 Å². The molecule has 0 unspecified atom stereocenters. The summed E-state index contributed by atoms with van der Waals surface area (Å²) in [5.74, 6) is 0.741. The summed E-state index contributed by atoms with van der Waals surface area (Å²) in [6.07, 6.45) is 0. The first kappa shape index (κ1) is 9.41. The molecule has 1 rings (SSSR count). The maximum absolute atomic E-state index is 4.90. The quantitative estimate of drug-likeness (QED) is 0.776. The third-order valence-corrected chi connectivity index (χ3v) is 1.84. The highest BCUT2D eigenvalue weighted by Gasteiger charge is 2.03. The number of methoxy groups -OCH3 is 1. The van der Waals surface area contributed by atoms with Gasteiger partial charge >= 0.3 is 0 Å². The minimum Gasteiger partial charge on any atom is -0.377 e. The minimum absolute atomic E-state index is 0.397. The van der Waals surface area contributed by atoms with E-state index in [1.54, 1.807) is 7.11 Å². The molecule has 0 fully saturated rings. The lowest BCUT2D eigenvalue weighted by Crippen LogP contribution is -2.09. The predicted molar refractivity (Wildman–Crippen MR) is 49.4 cm³/mol. The van der Waals surface area contributed by atoms with Gasteiger partial charge in [0.1, 0.15) is 6.61 Å². The second-order valence-electron chi connectivity index (χ2n) is 2.75. The summed E-state index contributed by atoms with van der Waals surface area (Å²) in [5, 5.41) is 4.03. The van der Waals surface area contributed by atoms with Gasteiger partial charge in [-0.15, -0.1) is 0 Å². The summed E-state index contributed by atoms with van der Waals surface area (Å²) >= 11 is 1.37. The van der Waals surface area contributed by atoms with E-state index in [4.69, 9.17) is 4.74 Å². The van der Waals surface area contributed by atoms with Gasteiger partial charge in [-0.25, -0.2) is 4.98 Å². The van der Waals surface area contributed by atoms with E-state index in [-0.39, 0.29) is 0 Å². The highest BCUT2D eigenvalue weighted by Crippen LogP contribution is 2.12. The van der Waals surface area contributed by atoms with E-state index in [2.05, 4.69) is 28.5 Å². The Hall–Kier alpha value is -0.680. The van der Waals surface area contributed by atoms with Gasteiger partial charge in [0, 0.05) is 24.7 Å². The van der Waals surface area contributed by atoms with Crippen molar-refractivity contribution in [3.8, 4) is 0 Å². The Morgan fingerprint density at radius 3 is 2.92 bits per heavy atom. The molecule has 1 aromatic heterocycles. The van der Waals surface area contributed by atoms with Gasteiger partial charge in [0.15, 0.2) is 5.82 Å². The summed E-state index contributed by atoms with van der Waals surface area (Å²) in [4.78, 5) is 4.21. The Morgan fingerprint density at radius 2 is 2.33 bits per heavy atom. The number of hydrogen-bond acceptors (Lipinski definition) is 5. The zero-order valence-electron chi connectivity index (χ0n) is 7.50. The van der Waals surface area contributed by atoms with E-state index in [0.717, 1.165) is 11.0 Å². The monoisotopic (exact) mass is 187 g/mol. The highest BCUT2D eigenvalue weighted by molar-refractivity contribution is 7.09. The molecule has 0 atom stereocenters. The molecule has 1 aromatic rings. The molecule has 1 N–H and O–H groups in total. The van der Waals surface area contributed by atoms with Gasteiger partial charge in [0.25, 0.3) is 0 Å². The largest absolute Gasteiger partial charge is 0.377 e. The van der Waals surface area contributed by atoms with Crippen molar-refractivity contribution in [1.82, 2.24) is 9.36 Å². The highest BCUT2D eigenvalue weighted by atomic mass is 32.1. The number of anilines is 1. The van der Waals surface area contributed by atoms with E-state index in [9.17, 15) is 0 Å². The van der Waals surface area contributed by atoms with Crippen molar-refractivity contribution in [2.24, 2.45) is 0 Å². The number of nitrogens with zero attached hydrogens (tertiary/aromatic N) is 2. The van der Waals surface area contributed by atoms with Crippen LogP contribution in [0.3, 0.4) is 0 Å². The molecule has 0 aliphatic heterocycles. The summed E-state index contributed by atoms with van der Waals surface area (Å²) in [7, 11) is 1.64. The Morgan fingerprint density at radius 1 is 1.58 bits per heavy atom. The summed E-state index contributed by atoms with van der Waals surface area (Å²) in [5.41, 5.74) is 0. The first-order valence-corrected chi connectivity index (χ1v) is 4.57. The van der Waals surface area contributed by atoms with E-state index >= 15 is 0 Å². The van der Waals surface area contributed by atoms with Crippen LogP contribution in [0, 0.1) is 0 Å². The molecule has 4 nitrogen and oxygen atoms in total. The predicted octanol–water partition coefficient (Wildman–Crippen LogP) is 1.50. The zero-order chi connectivity index (χ0) is 8.97. The molecule has 5 heteroatoms. The third kappa shape index (κ3) is 2.75. The van der Waals surface area contributed by atoms with Crippen LogP contribution in [0.4, 0.5) is 5.13 Å². The van der Waals surface area contributed by atoms with Crippen molar-refractivity contribution in [2.45, 2.75) is 26.5 Å². The molecule has 0 radical (unpaired) electrons. The van der Waals surface area contributed by atoms with Gasteiger partial charge in [0.2, 0.25) is 5.13 Å². The fraction of sp³-hybridized carbons (Fsp3) is 0.714. The number of hydrogen-bond donors (Lipinski definition) is 1. The van der Waals surface area contributed by atoms with Gasteiger partial charge in [-0.2, -0.15) is 4.37 Å². The van der Waals surface area contributed by atoms with Gasteiger partial charge in [-0.3, -0.25) is 0 Å². The smallest absolute Gasteiger partial charge is 0.202 e. The second kappa shape index (κ2) is 4.37. The first-order chi connectivity index (χ1) is 5.72. The summed E-state index contributed by atoms with van der Waals surface area (Å²) in [6.45, 7) is 4.62. The van der Waals surface area contributed by atoms with Gasteiger partial charge in [-0.1, -0.05) is 0 Å². The van der Waals surface area contributed by atoms with E-state index in [1.165, 1.54) is 11.5 Å². The molecule has 68 valence electrons. The second-order valence-corrected chi connectivity index (χ2v) is 3.50. The number of ether oxygens (including phenoxy) is 1. The lowest BCUT2D eigenvalue weighted by molar-refractivity contribution is 0.179. The molecule has 0 saturated heterocycles. The topological polar surface area (TPSA) is 47.0 Å². The van der Waals surface area contributed by atoms with Crippen molar-refractivity contribution in [2.75, 3.05) is 12.4 Å². The molecular weight excluding hydrogens is 174 g/mol. The lowest BCUT2D eigenvalue weighted by Gasteiger charge is -2.03. The number of aromatic nitrogens is 2. The zero-order valence-corrected chi connectivity index (χ0v) is 8.31. The van der Waals surface area contributed by atoms with Crippen LogP contribution in [0.25, 0.3) is 0 Å². The molecule has 1 heterocycles. The Labute approximate surface area is 76.1 Å². The SMILES string of the molecule is COCc1nsc(NC(C)C)n1. The average molecular weight is 187 g/mol. The van der Waals surface area contributed by atoms with Crippen molar-refractivity contribution >= 4 is 16.7 Å². The standard InChI is InChI=1S/C7H13N3OS/c1-5(2)8-7-9-6(4-11-3)10-12-7/h5H,4H2,1-3H3,(H,8,9,10). The molecule has 0 bridgehead atoms. The van der Waals surface area contributed by atoms with Crippen molar-refractivity contribution < 1.29 is 4.74 Å². The molecule has 0 aromatic carbocycles. The van der Waals surface area contributed by atoms with Crippen molar-refractivity contribution in [3.05, 3.63) is 5.82 Å². The minimum atomic E-state index is 0.397. The molecule has 0 amide bonds. The first-order valence-electron chi connectivity index (χ1n) is 3.80. The van der Waals surface area contributed by atoms with E-state index in [1.807, 2.05) is 0 Å². The van der Waals surface area contributed by atoms with Crippen LogP contribution in [-0.2, 0) is 11.3 Å². The van der Waals surface area contributed by atoms with Gasteiger partial charge < -0.3 is 10.1 Å². The fourth-order valence-electron chi connectivity index (χ4n) is 0.747. The molecule has 0 aliphatic carbocycles. The van der Waals surface area contributed by atoms with E-state index < -0.39 is 0 Å². The third-order valence-electron chi connectivity index (χ3n) is 1.15. The summed E-state index contributed by atoms with van der Waals surface area (Å²) < 4.78 is 9.00. The maximum atomic E-state index is 4.90. The van der Waals surface area contributed by atoms with Gasteiger partial charge in [-0.05, 0) is 13.8 Å². The Bertz CT molecular complexity index is 236. The average Bonchev–Trinajstić information content (AvgIpc) is 2.36. The van der Waals surface area contributed by atoms with Crippen LogP contribution < -0.4 is 5.32 Å². The van der Waals surface area contributed by atoms with Gasteiger partial charge in [0.05, 0.1) is 0 Å². The molecular formula is C7H13N3OS. The molecule has 0 saturated carbocycles. The van der Waals surface area contributed by atoms with Crippen LogP contribution >= 0.6 is 11.5 Å². The molecule has 12 heavy (non-hydrogen) atoms. The van der Waals surface area contributed by atoms with E-state index in [0.29, 0.717) is 12.6 Å². The number of rotatable bonds is 4. The molecule has 0 aliphatic rings. The summed E-state index contributed by atoms with van der Waals surface area (Å²) in [6, 6.07) is 0.397. The lowest BCUT2D eigenvalue weighted by atomic mass is 10.4. The molecule has 0 spiro atoms. The Kier molecular flexibility index (Phi) is 3.43. The maximum Gasteiger partial charge on any atom is 0.202 e. The normalized spacial score (nSPS) is 10.7. The Balaban J connectivity index is 2.52. The van der Waals surface area contributed by atoms with Crippen LogP contribution in [0.1, 0.15) is 19.7 Å². The van der Waals surface area contributed by atoms with Crippen molar-refractivity contribution in [3.63, 3.8) is 0 Å². The van der Waals surface area contributed by atoms with Crippen LogP contribution in [0.5, 0.6) is 0 Å². The number of nitrogens with one attached hydrogen (secondary N) is 1. The van der Waals surface area contributed by atoms with Crippen LogP contribution in [0.15, 0.2) is 0 Å². The van der Waals surface area contributed by atoms with Crippen molar-refractivity contribution in [1.29, 1.82) is 0 Å². The fourth-order valence-corrected chi connectivity index (χ4v) is 1.47. The van der Waals surface area contributed by atoms with Crippen LogP contribution in [0.2, 0.25) is 0 Å².